The average Bonchev–Trinajstić information content (AvgIpc) is 2.96. The van der Waals surface area contributed by atoms with Gasteiger partial charge in [-0.1, -0.05) is 19.3 Å². The van der Waals surface area contributed by atoms with Crippen molar-refractivity contribution in [1.82, 2.24) is 15.5 Å². The first-order valence-electron chi connectivity index (χ1n) is 9.73. The highest BCUT2D eigenvalue weighted by molar-refractivity contribution is 6.22. The van der Waals surface area contributed by atoms with E-state index in [4.69, 9.17) is 4.74 Å². The van der Waals surface area contributed by atoms with Crippen molar-refractivity contribution in [2.24, 2.45) is 0 Å². The summed E-state index contributed by atoms with van der Waals surface area (Å²) < 4.78 is 4.73. The summed E-state index contributed by atoms with van der Waals surface area (Å²) in [7, 11) is 0. The van der Waals surface area contributed by atoms with Crippen molar-refractivity contribution in [2.75, 3.05) is 19.7 Å². The van der Waals surface area contributed by atoms with Crippen LogP contribution in [0.25, 0.3) is 0 Å². The van der Waals surface area contributed by atoms with Gasteiger partial charge < -0.3 is 15.4 Å². The Balaban J connectivity index is 1.62. The molecule has 8 nitrogen and oxygen atoms in total. The van der Waals surface area contributed by atoms with Crippen molar-refractivity contribution in [2.45, 2.75) is 45.1 Å². The van der Waals surface area contributed by atoms with E-state index >= 15 is 0 Å². The Hall–Kier alpha value is -2.90. The first-order valence-corrected chi connectivity index (χ1v) is 9.73. The molecular formula is C20H25N3O5. The topological polar surface area (TPSA) is 105 Å². The van der Waals surface area contributed by atoms with Crippen LogP contribution in [0.5, 0.6) is 0 Å². The second kappa shape index (κ2) is 8.86. The van der Waals surface area contributed by atoms with Crippen LogP contribution in [0, 0.1) is 0 Å². The van der Waals surface area contributed by atoms with Gasteiger partial charge in [-0.2, -0.15) is 0 Å². The van der Waals surface area contributed by atoms with Gasteiger partial charge in [-0.05, 0) is 38.0 Å². The first kappa shape index (κ1) is 19.9. The van der Waals surface area contributed by atoms with E-state index in [9.17, 15) is 19.2 Å². The van der Waals surface area contributed by atoms with Gasteiger partial charge in [-0.15, -0.1) is 0 Å². The van der Waals surface area contributed by atoms with E-state index in [1.165, 1.54) is 11.0 Å². The molecule has 3 rings (SSSR count). The Bertz CT molecular complexity index is 786. The number of amides is 4. The first-order chi connectivity index (χ1) is 13.5. The van der Waals surface area contributed by atoms with Gasteiger partial charge in [0.15, 0.2) is 0 Å². The zero-order chi connectivity index (χ0) is 20.1. The molecule has 8 heteroatoms. The molecule has 2 aliphatic rings. The summed E-state index contributed by atoms with van der Waals surface area (Å²) in [6.45, 7) is 2.42. The van der Waals surface area contributed by atoms with Crippen LogP contribution in [0.3, 0.4) is 0 Å². The molecule has 0 saturated heterocycles. The lowest BCUT2D eigenvalue weighted by atomic mass is 9.94. The van der Waals surface area contributed by atoms with E-state index < -0.39 is 6.09 Å². The normalized spacial score (nSPS) is 16.7. The van der Waals surface area contributed by atoms with Gasteiger partial charge in [0.2, 0.25) is 0 Å². The molecule has 0 atom stereocenters. The van der Waals surface area contributed by atoms with Gasteiger partial charge in [-0.25, -0.2) is 4.79 Å². The minimum absolute atomic E-state index is 0.0487. The predicted molar refractivity (Wildman–Crippen MR) is 101 cm³/mol. The summed E-state index contributed by atoms with van der Waals surface area (Å²) in [4.78, 5) is 50.3. The van der Waals surface area contributed by atoms with Crippen molar-refractivity contribution in [3.05, 3.63) is 34.9 Å². The minimum atomic E-state index is -0.541. The Morgan fingerprint density at radius 1 is 1.04 bits per heavy atom. The molecule has 1 fully saturated rings. The number of nitrogens with zero attached hydrogens (tertiary/aromatic N) is 1. The van der Waals surface area contributed by atoms with Crippen molar-refractivity contribution in [3.63, 3.8) is 0 Å². The maximum absolute atomic E-state index is 12.8. The smallest absolute Gasteiger partial charge is 0.407 e. The molecule has 1 aromatic rings. The summed E-state index contributed by atoms with van der Waals surface area (Å²) in [5.41, 5.74) is 0.950. The number of imide groups is 1. The van der Waals surface area contributed by atoms with Crippen molar-refractivity contribution in [1.29, 1.82) is 0 Å². The van der Waals surface area contributed by atoms with Crippen molar-refractivity contribution >= 4 is 23.8 Å². The highest BCUT2D eigenvalue weighted by Crippen LogP contribution is 2.31. The van der Waals surface area contributed by atoms with E-state index in [-0.39, 0.29) is 49.0 Å². The van der Waals surface area contributed by atoms with Crippen LogP contribution >= 0.6 is 0 Å². The van der Waals surface area contributed by atoms with Crippen LogP contribution in [0.2, 0.25) is 0 Å². The lowest BCUT2D eigenvalue weighted by Gasteiger charge is -2.29. The van der Waals surface area contributed by atoms with Crippen LogP contribution in [-0.2, 0) is 4.74 Å². The number of nitrogens with one attached hydrogen (secondary N) is 2. The number of fused-ring (bicyclic) bond motifs is 1. The summed E-state index contributed by atoms with van der Waals surface area (Å²) in [5, 5.41) is 5.17. The number of ether oxygens (including phenoxy) is 1. The average molecular weight is 387 g/mol. The molecule has 1 aromatic carbocycles. The zero-order valence-corrected chi connectivity index (χ0v) is 16.0. The van der Waals surface area contributed by atoms with Crippen LogP contribution in [-0.4, -0.2) is 54.5 Å². The molecule has 1 heterocycles. The Morgan fingerprint density at radius 3 is 2.43 bits per heavy atom. The number of carbonyl (C=O) groups excluding carboxylic acids is 4. The van der Waals surface area contributed by atoms with Gasteiger partial charge in [0.25, 0.3) is 17.7 Å². The number of hydrogen-bond donors (Lipinski definition) is 2. The molecule has 0 aromatic heterocycles. The number of alkyl carbamates (subject to hydrolysis) is 1. The Kier molecular flexibility index (Phi) is 6.28. The fraction of sp³-hybridized carbons (Fsp3) is 0.500. The van der Waals surface area contributed by atoms with E-state index in [1.54, 1.807) is 19.1 Å². The molecule has 150 valence electrons. The van der Waals surface area contributed by atoms with E-state index in [1.807, 2.05) is 0 Å². The number of carbonyl (C=O) groups is 4. The van der Waals surface area contributed by atoms with Crippen LogP contribution in [0.1, 0.15) is 70.1 Å². The third-order valence-corrected chi connectivity index (χ3v) is 5.08. The summed E-state index contributed by atoms with van der Waals surface area (Å²) in [6.07, 6.45) is 4.31. The minimum Gasteiger partial charge on any atom is -0.450 e. The highest BCUT2D eigenvalue weighted by atomic mass is 16.5. The van der Waals surface area contributed by atoms with Crippen LogP contribution < -0.4 is 10.6 Å². The Labute approximate surface area is 163 Å². The third kappa shape index (κ3) is 4.16. The molecule has 28 heavy (non-hydrogen) atoms. The molecule has 0 unspecified atom stereocenters. The monoisotopic (exact) mass is 387 g/mol. The summed E-state index contributed by atoms with van der Waals surface area (Å²) in [5.74, 6) is -0.951. The van der Waals surface area contributed by atoms with Gasteiger partial charge in [0.05, 0.1) is 17.7 Å². The maximum atomic E-state index is 12.8. The molecule has 4 amide bonds. The standard InChI is InChI=1S/C20H25N3O5/c1-2-28-20(27)22-11-10-21-17(24)13-8-9-15-16(12-13)19(26)23(18(15)25)14-6-4-3-5-7-14/h8-9,12,14H,2-7,10-11H2,1H3,(H,21,24)(H,22,27). The van der Waals surface area contributed by atoms with Crippen LogP contribution in [0.4, 0.5) is 4.79 Å². The molecule has 2 N–H and O–H groups in total. The molecule has 0 radical (unpaired) electrons. The fourth-order valence-corrected chi connectivity index (χ4v) is 3.70. The third-order valence-electron chi connectivity index (χ3n) is 5.08. The SMILES string of the molecule is CCOC(=O)NCCNC(=O)c1ccc2c(c1)C(=O)N(C1CCCCC1)C2=O. The summed E-state index contributed by atoms with van der Waals surface area (Å²) in [6, 6.07) is 4.52. The molecule has 1 aliphatic heterocycles. The second-order valence-corrected chi connectivity index (χ2v) is 6.94. The Morgan fingerprint density at radius 2 is 1.71 bits per heavy atom. The number of rotatable bonds is 6. The van der Waals surface area contributed by atoms with E-state index in [0.29, 0.717) is 11.1 Å². The van der Waals surface area contributed by atoms with Crippen molar-refractivity contribution in [3.8, 4) is 0 Å². The number of benzene rings is 1. The van der Waals surface area contributed by atoms with Gasteiger partial charge >= 0.3 is 6.09 Å². The maximum Gasteiger partial charge on any atom is 0.407 e. The predicted octanol–water partition coefficient (Wildman–Crippen LogP) is 2.09. The van der Waals surface area contributed by atoms with E-state index in [2.05, 4.69) is 10.6 Å². The zero-order valence-electron chi connectivity index (χ0n) is 16.0. The fourth-order valence-electron chi connectivity index (χ4n) is 3.70. The molecule has 1 aliphatic carbocycles. The number of hydrogen-bond acceptors (Lipinski definition) is 5. The van der Waals surface area contributed by atoms with Gasteiger partial charge in [0.1, 0.15) is 0 Å². The molecule has 0 bridgehead atoms. The van der Waals surface area contributed by atoms with Crippen LogP contribution in [0.15, 0.2) is 18.2 Å². The molecular weight excluding hydrogens is 362 g/mol. The van der Waals surface area contributed by atoms with Crippen molar-refractivity contribution < 1.29 is 23.9 Å². The van der Waals surface area contributed by atoms with Gasteiger partial charge in [-0.3, -0.25) is 19.3 Å². The molecule has 1 saturated carbocycles. The molecule has 0 spiro atoms. The summed E-state index contributed by atoms with van der Waals surface area (Å²) >= 11 is 0. The van der Waals surface area contributed by atoms with E-state index in [0.717, 1.165) is 32.1 Å². The highest BCUT2D eigenvalue weighted by Gasteiger charge is 2.40. The van der Waals surface area contributed by atoms with Gasteiger partial charge in [0, 0.05) is 24.7 Å². The largest absolute Gasteiger partial charge is 0.450 e. The second-order valence-electron chi connectivity index (χ2n) is 6.94. The lowest BCUT2D eigenvalue weighted by Crippen LogP contribution is -2.40. The quantitative estimate of drug-likeness (QED) is 0.574. The lowest BCUT2D eigenvalue weighted by molar-refractivity contribution is 0.0548.